The number of amides is 1. The molecule has 3 fully saturated rings. The highest BCUT2D eigenvalue weighted by Crippen LogP contribution is 2.27. The Kier molecular flexibility index (Phi) is 6.65. The van der Waals surface area contributed by atoms with Gasteiger partial charge in [0.15, 0.2) is 0 Å². The van der Waals surface area contributed by atoms with Crippen LogP contribution in [-0.2, 0) is 4.79 Å². The molecule has 2 saturated heterocycles. The summed E-state index contributed by atoms with van der Waals surface area (Å²) in [6.45, 7) is 9.85. The maximum atomic E-state index is 14.3. The van der Waals surface area contributed by atoms with Crippen LogP contribution in [0.5, 0.6) is 0 Å². The van der Waals surface area contributed by atoms with Crippen molar-refractivity contribution in [2.75, 3.05) is 63.8 Å². The van der Waals surface area contributed by atoms with Gasteiger partial charge < -0.3 is 9.80 Å². The molecule has 2 aliphatic heterocycles. The number of hydrogen-bond acceptors (Lipinski definition) is 4. The van der Waals surface area contributed by atoms with E-state index < -0.39 is 0 Å². The Morgan fingerprint density at radius 1 is 0.909 bits per heavy atom. The van der Waals surface area contributed by atoms with Gasteiger partial charge in [-0.3, -0.25) is 14.6 Å². The molecule has 1 amide bonds. The lowest BCUT2D eigenvalue weighted by Crippen LogP contribution is -2.56. The van der Waals surface area contributed by atoms with E-state index in [4.69, 9.17) is 0 Å². The molecule has 176 valence electrons. The Labute approximate surface area is 196 Å². The number of hydrogen-bond donors (Lipinski definition) is 0. The predicted molar refractivity (Wildman–Crippen MR) is 131 cm³/mol. The molecule has 0 radical (unpaired) electrons. The van der Waals surface area contributed by atoms with Crippen molar-refractivity contribution < 1.29 is 9.18 Å². The molecule has 2 heterocycles. The first-order valence-corrected chi connectivity index (χ1v) is 12.4. The summed E-state index contributed by atoms with van der Waals surface area (Å²) < 4.78 is 14.3. The Morgan fingerprint density at radius 3 is 2.21 bits per heavy atom. The highest BCUT2D eigenvalue weighted by atomic mass is 19.1. The first-order chi connectivity index (χ1) is 16.1. The quantitative estimate of drug-likeness (QED) is 0.696. The maximum Gasteiger partial charge on any atom is 0.236 e. The summed E-state index contributed by atoms with van der Waals surface area (Å²) >= 11 is 0. The van der Waals surface area contributed by atoms with E-state index in [9.17, 15) is 9.18 Å². The van der Waals surface area contributed by atoms with E-state index in [-0.39, 0.29) is 11.7 Å². The van der Waals surface area contributed by atoms with E-state index in [2.05, 4.69) is 31.7 Å². The van der Waals surface area contributed by atoms with Crippen molar-refractivity contribution in [3.05, 3.63) is 53.8 Å². The van der Waals surface area contributed by atoms with Crippen LogP contribution in [0.2, 0.25) is 0 Å². The van der Waals surface area contributed by atoms with Crippen molar-refractivity contribution in [3.63, 3.8) is 0 Å². The number of aryl methyl sites for hydroxylation is 1. The molecule has 0 unspecified atom stereocenters. The maximum absolute atomic E-state index is 14.3. The van der Waals surface area contributed by atoms with Gasteiger partial charge in [-0.2, -0.15) is 0 Å². The molecule has 0 N–H and O–H groups in total. The highest BCUT2D eigenvalue weighted by molar-refractivity contribution is 5.78. The summed E-state index contributed by atoms with van der Waals surface area (Å²) in [5.41, 5.74) is 3.63. The molecular weight excluding hydrogens is 415 g/mol. The van der Waals surface area contributed by atoms with Crippen LogP contribution in [0.4, 0.5) is 10.1 Å². The lowest BCUT2D eigenvalue weighted by Gasteiger charge is -2.43. The molecule has 2 aromatic carbocycles. The third kappa shape index (κ3) is 5.07. The zero-order valence-corrected chi connectivity index (χ0v) is 19.7. The van der Waals surface area contributed by atoms with Gasteiger partial charge in [-0.1, -0.05) is 30.7 Å². The first-order valence-electron chi connectivity index (χ1n) is 12.4. The number of anilines is 1. The molecule has 6 heteroatoms. The summed E-state index contributed by atoms with van der Waals surface area (Å²) in [5, 5.41) is 0. The topological polar surface area (TPSA) is 30.0 Å². The summed E-state index contributed by atoms with van der Waals surface area (Å²) in [6.07, 6.45) is 4.04. The fraction of sp³-hybridized carbons (Fsp3) is 0.519. The molecule has 1 saturated carbocycles. The zero-order chi connectivity index (χ0) is 22.8. The van der Waals surface area contributed by atoms with Gasteiger partial charge >= 0.3 is 0 Å². The fourth-order valence-electron chi connectivity index (χ4n) is 5.25. The summed E-state index contributed by atoms with van der Waals surface area (Å²) in [6, 6.07) is 14.3. The monoisotopic (exact) mass is 450 g/mol. The van der Waals surface area contributed by atoms with Crippen LogP contribution in [0.1, 0.15) is 24.8 Å². The second-order valence-corrected chi connectivity index (χ2v) is 9.79. The lowest BCUT2D eigenvalue weighted by molar-refractivity contribution is -0.134. The summed E-state index contributed by atoms with van der Waals surface area (Å²) in [4.78, 5) is 22.1. The average molecular weight is 451 g/mol. The van der Waals surface area contributed by atoms with Crippen molar-refractivity contribution in [2.24, 2.45) is 0 Å². The van der Waals surface area contributed by atoms with Gasteiger partial charge in [-0.05, 0) is 49.1 Å². The minimum Gasteiger partial charge on any atom is -0.369 e. The summed E-state index contributed by atoms with van der Waals surface area (Å²) in [5.74, 6) is 0.103. The minimum absolute atomic E-state index is 0.175. The van der Waals surface area contributed by atoms with Gasteiger partial charge in [0.05, 0.1) is 6.54 Å². The molecule has 33 heavy (non-hydrogen) atoms. The standard InChI is InChI=1S/C27H35FN4O/c1-21-5-10-25(26(28)19-21)22-6-8-24(9-7-22)30-13-11-29(12-14-30)20-27(33)32-17-15-31(16-18-32)23-3-2-4-23/h5-10,19,23H,2-4,11-18,20H2,1H3. The highest BCUT2D eigenvalue weighted by Gasteiger charge is 2.30. The number of piperazine rings is 2. The van der Waals surface area contributed by atoms with E-state index in [0.717, 1.165) is 75.2 Å². The second kappa shape index (κ2) is 9.82. The molecule has 0 aromatic heterocycles. The Bertz CT molecular complexity index is 959. The van der Waals surface area contributed by atoms with E-state index in [1.807, 2.05) is 31.2 Å². The van der Waals surface area contributed by atoms with Crippen molar-refractivity contribution in [1.29, 1.82) is 0 Å². The lowest BCUT2D eigenvalue weighted by atomic mass is 9.91. The van der Waals surface area contributed by atoms with Crippen LogP contribution in [0.15, 0.2) is 42.5 Å². The number of carbonyl (C=O) groups is 1. The Morgan fingerprint density at radius 2 is 1.61 bits per heavy atom. The molecule has 5 nitrogen and oxygen atoms in total. The summed E-state index contributed by atoms with van der Waals surface area (Å²) in [7, 11) is 0. The number of halogens is 1. The van der Waals surface area contributed by atoms with Gasteiger partial charge in [-0.25, -0.2) is 4.39 Å². The molecule has 5 rings (SSSR count). The molecule has 0 spiro atoms. The number of carbonyl (C=O) groups excluding carboxylic acids is 1. The molecular formula is C27H35FN4O. The van der Waals surface area contributed by atoms with Gasteiger partial charge in [-0.15, -0.1) is 0 Å². The zero-order valence-electron chi connectivity index (χ0n) is 19.7. The van der Waals surface area contributed by atoms with Gasteiger partial charge in [0, 0.05) is 69.7 Å². The van der Waals surface area contributed by atoms with Crippen molar-refractivity contribution >= 4 is 11.6 Å². The first kappa shape index (κ1) is 22.4. The molecule has 1 aliphatic carbocycles. The SMILES string of the molecule is Cc1ccc(-c2ccc(N3CCN(CC(=O)N4CCN(C5CCC5)CC4)CC3)cc2)c(F)c1. The van der Waals surface area contributed by atoms with Crippen molar-refractivity contribution in [2.45, 2.75) is 32.2 Å². The van der Waals surface area contributed by atoms with E-state index in [0.29, 0.717) is 12.1 Å². The van der Waals surface area contributed by atoms with E-state index >= 15 is 0 Å². The molecule has 3 aliphatic rings. The van der Waals surface area contributed by atoms with Crippen LogP contribution < -0.4 is 4.90 Å². The number of nitrogens with zero attached hydrogens (tertiary/aromatic N) is 4. The van der Waals surface area contributed by atoms with Gasteiger partial charge in [0.2, 0.25) is 5.91 Å². The van der Waals surface area contributed by atoms with E-state index in [1.165, 1.54) is 19.3 Å². The van der Waals surface area contributed by atoms with Crippen LogP contribution >= 0.6 is 0 Å². The Balaban J connectivity index is 1.09. The third-order valence-corrected chi connectivity index (χ3v) is 7.66. The number of rotatable bonds is 5. The second-order valence-electron chi connectivity index (χ2n) is 9.79. The van der Waals surface area contributed by atoms with Crippen molar-refractivity contribution in [3.8, 4) is 11.1 Å². The van der Waals surface area contributed by atoms with Crippen molar-refractivity contribution in [1.82, 2.24) is 14.7 Å². The minimum atomic E-state index is -0.175. The van der Waals surface area contributed by atoms with Gasteiger partial charge in [0.25, 0.3) is 0 Å². The predicted octanol–water partition coefficient (Wildman–Crippen LogP) is 3.62. The van der Waals surface area contributed by atoms with Crippen LogP contribution in [0.25, 0.3) is 11.1 Å². The Hall–Kier alpha value is -2.44. The van der Waals surface area contributed by atoms with Crippen LogP contribution in [0.3, 0.4) is 0 Å². The smallest absolute Gasteiger partial charge is 0.236 e. The molecule has 2 aromatic rings. The van der Waals surface area contributed by atoms with Gasteiger partial charge in [0.1, 0.15) is 5.82 Å². The largest absolute Gasteiger partial charge is 0.369 e. The van der Waals surface area contributed by atoms with Crippen LogP contribution in [0, 0.1) is 12.7 Å². The fourth-order valence-corrected chi connectivity index (χ4v) is 5.25. The number of benzene rings is 2. The molecule has 0 atom stereocenters. The normalized spacial score (nSPS) is 20.7. The average Bonchev–Trinajstić information content (AvgIpc) is 2.79. The van der Waals surface area contributed by atoms with Crippen LogP contribution in [-0.4, -0.2) is 85.6 Å². The van der Waals surface area contributed by atoms with E-state index in [1.54, 1.807) is 6.07 Å². The molecule has 0 bridgehead atoms. The third-order valence-electron chi connectivity index (χ3n) is 7.66.